The van der Waals surface area contributed by atoms with Crippen molar-refractivity contribution in [3.8, 4) is 0 Å². The van der Waals surface area contributed by atoms with Crippen LogP contribution in [0.3, 0.4) is 0 Å². The molecule has 192 valence electrons. The van der Waals surface area contributed by atoms with Gasteiger partial charge in [0.1, 0.15) is 23.3 Å². The summed E-state index contributed by atoms with van der Waals surface area (Å²) in [5, 5.41) is 20.6. The number of fused-ring (bicyclic) bond motifs is 1. The van der Waals surface area contributed by atoms with Gasteiger partial charge in [-0.15, -0.1) is 0 Å². The molecule has 0 saturated carbocycles. The van der Waals surface area contributed by atoms with Crippen molar-refractivity contribution in [1.82, 2.24) is 15.2 Å². The SMILES string of the molecule is Cc1ccccc1C1=Cc2ccc(NC3CCCN(C(=O)NC(C)C)C3)nc2C(C2CCOC2)[NH+]1[O-]. The predicted octanol–water partition coefficient (Wildman–Crippen LogP) is 3.36. The van der Waals surface area contributed by atoms with Gasteiger partial charge in [-0.05, 0) is 63.8 Å². The van der Waals surface area contributed by atoms with E-state index in [1.165, 1.54) is 0 Å². The van der Waals surface area contributed by atoms with Crippen LogP contribution in [0.25, 0.3) is 11.8 Å². The number of hydroxylamine groups is 2. The average Bonchev–Trinajstić information content (AvgIpc) is 3.38. The highest BCUT2D eigenvalue weighted by molar-refractivity contribution is 5.80. The minimum atomic E-state index is -0.316. The van der Waals surface area contributed by atoms with E-state index in [1.807, 2.05) is 62.1 Å². The van der Waals surface area contributed by atoms with Gasteiger partial charge in [0.15, 0.2) is 0 Å². The zero-order chi connectivity index (χ0) is 25.2. The summed E-state index contributed by atoms with van der Waals surface area (Å²) >= 11 is 0. The summed E-state index contributed by atoms with van der Waals surface area (Å²) in [7, 11) is 0. The number of pyridine rings is 1. The molecule has 8 nitrogen and oxygen atoms in total. The van der Waals surface area contributed by atoms with Gasteiger partial charge in [-0.2, -0.15) is 0 Å². The zero-order valence-corrected chi connectivity index (χ0v) is 21.4. The fraction of sp³-hybridized carbons (Fsp3) is 0.500. The van der Waals surface area contributed by atoms with Crippen LogP contribution in [0.1, 0.15) is 61.5 Å². The molecule has 2 amide bonds. The number of rotatable bonds is 5. The highest BCUT2D eigenvalue weighted by atomic mass is 16.5. The maximum atomic E-state index is 13.9. The van der Waals surface area contributed by atoms with Gasteiger partial charge in [0.05, 0.1) is 6.61 Å². The summed E-state index contributed by atoms with van der Waals surface area (Å²) in [5.41, 5.74) is 4.68. The summed E-state index contributed by atoms with van der Waals surface area (Å²) in [6, 6.07) is 12.0. The first-order chi connectivity index (χ1) is 17.4. The van der Waals surface area contributed by atoms with Crippen molar-refractivity contribution in [2.24, 2.45) is 5.92 Å². The standard InChI is InChI=1S/C28H37N5O3/c1-18(2)29-28(34)32-13-6-8-22(16-32)30-25-11-10-20-15-24(23-9-5-4-7-19(23)3)33(35)27(26(20)31-25)21-12-14-36-17-21/h4-5,7,9-11,15,18,21-22,27,33H,6,8,12-14,16-17H2,1-3H3,(H,29,34)(H,30,31). The Morgan fingerprint density at radius 3 is 2.81 bits per heavy atom. The number of nitrogens with one attached hydrogen (secondary N) is 3. The molecule has 3 N–H and O–H groups in total. The lowest BCUT2D eigenvalue weighted by molar-refractivity contribution is -0.812. The number of anilines is 1. The Kier molecular flexibility index (Phi) is 7.27. The fourth-order valence-corrected chi connectivity index (χ4v) is 5.62. The van der Waals surface area contributed by atoms with Crippen LogP contribution >= 0.6 is 0 Å². The smallest absolute Gasteiger partial charge is 0.317 e. The largest absolute Gasteiger partial charge is 0.628 e. The molecular weight excluding hydrogens is 454 g/mol. The van der Waals surface area contributed by atoms with Gasteiger partial charge in [0.2, 0.25) is 0 Å². The number of ether oxygens (including phenoxy) is 1. The van der Waals surface area contributed by atoms with E-state index in [0.717, 1.165) is 59.7 Å². The number of nitrogens with zero attached hydrogens (tertiary/aromatic N) is 2. The molecule has 3 aliphatic rings. The number of hydrogen-bond acceptors (Lipinski definition) is 5. The summed E-state index contributed by atoms with van der Waals surface area (Å²) in [6.07, 6.45) is 4.78. The molecule has 3 aliphatic heterocycles. The van der Waals surface area contributed by atoms with E-state index < -0.39 is 0 Å². The van der Waals surface area contributed by atoms with Crippen LogP contribution in [0.5, 0.6) is 0 Å². The highest BCUT2D eigenvalue weighted by Gasteiger charge is 2.39. The monoisotopic (exact) mass is 491 g/mol. The molecule has 0 aliphatic carbocycles. The number of likely N-dealkylation sites (tertiary alicyclic amines) is 1. The summed E-state index contributed by atoms with van der Waals surface area (Å²) < 4.78 is 5.69. The lowest BCUT2D eigenvalue weighted by Gasteiger charge is -2.39. The van der Waals surface area contributed by atoms with Gasteiger partial charge in [0, 0.05) is 54.9 Å². The Morgan fingerprint density at radius 1 is 1.22 bits per heavy atom. The predicted molar refractivity (Wildman–Crippen MR) is 141 cm³/mol. The summed E-state index contributed by atoms with van der Waals surface area (Å²) in [5.74, 6) is 0.881. The van der Waals surface area contributed by atoms with Gasteiger partial charge < -0.3 is 30.5 Å². The molecule has 0 bridgehead atoms. The molecular formula is C28H37N5O3. The van der Waals surface area contributed by atoms with Crippen LogP contribution in [-0.4, -0.2) is 54.3 Å². The van der Waals surface area contributed by atoms with Crippen molar-refractivity contribution in [2.75, 3.05) is 31.6 Å². The Hall–Kier alpha value is -2.94. The van der Waals surface area contributed by atoms with Crippen LogP contribution in [0.4, 0.5) is 10.6 Å². The van der Waals surface area contributed by atoms with E-state index in [2.05, 4.69) is 16.7 Å². The van der Waals surface area contributed by atoms with Crippen molar-refractivity contribution < 1.29 is 14.6 Å². The number of urea groups is 1. The lowest BCUT2D eigenvalue weighted by Crippen LogP contribution is -3.06. The average molecular weight is 492 g/mol. The molecule has 4 atom stereocenters. The van der Waals surface area contributed by atoms with Crippen molar-refractivity contribution >= 4 is 23.6 Å². The van der Waals surface area contributed by atoms with Gasteiger partial charge in [0.25, 0.3) is 0 Å². The number of amides is 2. The molecule has 0 spiro atoms. The van der Waals surface area contributed by atoms with Crippen LogP contribution in [-0.2, 0) is 4.74 Å². The molecule has 2 aromatic rings. The third-order valence-corrected chi connectivity index (χ3v) is 7.44. The second kappa shape index (κ2) is 10.6. The van der Waals surface area contributed by atoms with Gasteiger partial charge in [-0.1, -0.05) is 18.2 Å². The minimum Gasteiger partial charge on any atom is -0.628 e. The number of aryl methyl sites for hydroxylation is 1. The molecule has 4 heterocycles. The van der Waals surface area contributed by atoms with Crippen molar-refractivity contribution in [2.45, 2.75) is 58.2 Å². The Balaban J connectivity index is 1.42. The zero-order valence-electron chi connectivity index (χ0n) is 21.4. The van der Waals surface area contributed by atoms with Crippen LogP contribution in [0.15, 0.2) is 36.4 Å². The van der Waals surface area contributed by atoms with Crippen LogP contribution in [0, 0.1) is 18.0 Å². The summed E-state index contributed by atoms with van der Waals surface area (Å²) in [6.45, 7) is 8.65. The second-order valence-corrected chi connectivity index (χ2v) is 10.5. The van der Waals surface area contributed by atoms with E-state index in [1.54, 1.807) is 0 Å². The molecule has 36 heavy (non-hydrogen) atoms. The van der Waals surface area contributed by atoms with Gasteiger partial charge in [-0.25, -0.2) is 9.78 Å². The van der Waals surface area contributed by atoms with Crippen molar-refractivity contribution in [3.05, 3.63) is 64.0 Å². The van der Waals surface area contributed by atoms with E-state index in [-0.39, 0.29) is 35.1 Å². The topological polar surface area (TPSA) is 94.0 Å². The summed E-state index contributed by atoms with van der Waals surface area (Å²) in [4.78, 5) is 19.4. The molecule has 2 saturated heterocycles. The number of benzene rings is 1. The van der Waals surface area contributed by atoms with Gasteiger partial charge in [-0.3, -0.25) is 0 Å². The molecule has 2 fully saturated rings. The number of quaternary nitrogens is 1. The van der Waals surface area contributed by atoms with Crippen LogP contribution < -0.4 is 15.7 Å². The molecule has 0 radical (unpaired) electrons. The third kappa shape index (κ3) is 5.12. The number of aromatic nitrogens is 1. The van der Waals surface area contributed by atoms with E-state index >= 15 is 0 Å². The first-order valence-corrected chi connectivity index (χ1v) is 13.1. The Bertz CT molecular complexity index is 1130. The highest BCUT2D eigenvalue weighted by Crippen LogP contribution is 2.34. The quantitative estimate of drug-likeness (QED) is 0.558. The molecule has 1 aromatic heterocycles. The normalized spacial score (nSPS) is 25.9. The minimum absolute atomic E-state index is 0.0179. The van der Waals surface area contributed by atoms with Gasteiger partial charge >= 0.3 is 6.03 Å². The van der Waals surface area contributed by atoms with E-state index in [0.29, 0.717) is 19.8 Å². The number of piperidine rings is 1. The fourth-order valence-electron chi connectivity index (χ4n) is 5.62. The number of carbonyl (C=O) groups excluding carboxylic acids is 1. The molecule has 1 aromatic carbocycles. The Labute approximate surface area is 213 Å². The third-order valence-electron chi connectivity index (χ3n) is 7.44. The van der Waals surface area contributed by atoms with Crippen molar-refractivity contribution in [3.63, 3.8) is 0 Å². The maximum Gasteiger partial charge on any atom is 0.317 e. The first-order valence-electron chi connectivity index (χ1n) is 13.1. The molecule has 5 rings (SSSR count). The molecule has 4 unspecified atom stereocenters. The van der Waals surface area contributed by atoms with Crippen molar-refractivity contribution in [1.29, 1.82) is 0 Å². The molecule has 8 heteroatoms. The van der Waals surface area contributed by atoms with E-state index in [4.69, 9.17) is 9.72 Å². The Morgan fingerprint density at radius 2 is 2.06 bits per heavy atom. The maximum absolute atomic E-state index is 13.9. The van der Waals surface area contributed by atoms with E-state index in [9.17, 15) is 10.0 Å². The first kappa shape index (κ1) is 24.7. The number of carbonyl (C=O) groups is 1. The second-order valence-electron chi connectivity index (χ2n) is 10.5. The van der Waals surface area contributed by atoms with Crippen LogP contribution in [0.2, 0.25) is 0 Å². The number of hydrogen-bond donors (Lipinski definition) is 3. The lowest BCUT2D eigenvalue weighted by atomic mass is 9.88.